The van der Waals surface area contributed by atoms with Gasteiger partial charge in [-0.1, -0.05) is 65.7 Å². The molecule has 2 nitrogen and oxygen atoms in total. The quantitative estimate of drug-likeness (QED) is 0.459. The van der Waals surface area contributed by atoms with E-state index >= 15 is 0 Å². The highest BCUT2D eigenvalue weighted by Crippen LogP contribution is 2.39. The van der Waals surface area contributed by atoms with Crippen LogP contribution in [0.3, 0.4) is 0 Å². The molecule has 0 atom stereocenters. The minimum atomic E-state index is 1.14. The van der Waals surface area contributed by atoms with Crippen LogP contribution in [0, 0.1) is 41.5 Å². The average Bonchev–Trinajstić information content (AvgIpc) is 3.04. The summed E-state index contributed by atoms with van der Waals surface area (Å²) in [5.74, 6) is 1.14. The van der Waals surface area contributed by atoms with Crippen LogP contribution in [0.2, 0.25) is 0 Å². The lowest BCUT2D eigenvalue weighted by molar-refractivity contribution is 1.09. The van der Waals surface area contributed by atoms with Gasteiger partial charge < -0.3 is 9.80 Å². The molecule has 0 saturated carbocycles. The van der Waals surface area contributed by atoms with Crippen molar-refractivity contribution in [2.75, 3.05) is 9.80 Å². The molecule has 1 aliphatic rings. The first kappa shape index (κ1) is 20.0. The zero-order chi connectivity index (χ0) is 21.4. The molecule has 1 aliphatic heterocycles. The molecule has 0 radical (unpaired) electrons. The Morgan fingerprint density at radius 1 is 0.567 bits per heavy atom. The van der Waals surface area contributed by atoms with Gasteiger partial charge in [0.1, 0.15) is 5.82 Å². The van der Waals surface area contributed by atoms with E-state index in [0.29, 0.717) is 0 Å². The number of anilines is 2. The summed E-state index contributed by atoms with van der Waals surface area (Å²) in [7, 11) is 0. The summed E-state index contributed by atoms with van der Waals surface area (Å²) < 4.78 is 0. The number of rotatable bonds is 3. The Hall–Kier alpha value is -3.26. The fourth-order valence-electron chi connectivity index (χ4n) is 4.72. The van der Waals surface area contributed by atoms with Crippen molar-refractivity contribution in [3.8, 4) is 0 Å². The van der Waals surface area contributed by atoms with Crippen molar-refractivity contribution in [2.24, 2.45) is 0 Å². The monoisotopic (exact) mass is 394 g/mol. The number of hydrogen-bond acceptors (Lipinski definition) is 2. The highest BCUT2D eigenvalue weighted by molar-refractivity contribution is 5.80. The minimum Gasteiger partial charge on any atom is -0.301 e. The molecule has 3 aromatic rings. The summed E-state index contributed by atoms with van der Waals surface area (Å²) in [5.41, 5.74) is 11.4. The van der Waals surface area contributed by atoms with E-state index in [4.69, 9.17) is 0 Å². The molecule has 1 heterocycles. The maximum Gasteiger partial charge on any atom is 0.122 e. The van der Waals surface area contributed by atoms with Gasteiger partial charge in [-0.15, -0.1) is 0 Å². The molecular formula is C28H30N2. The molecule has 30 heavy (non-hydrogen) atoms. The zero-order valence-electron chi connectivity index (χ0n) is 18.8. The van der Waals surface area contributed by atoms with Crippen LogP contribution in [0.25, 0.3) is 6.08 Å². The molecule has 2 heteroatoms. The topological polar surface area (TPSA) is 6.48 Å². The van der Waals surface area contributed by atoms with Gasteiger partial charge in [-0.25, -0.2) is 0 Å². The van der Waals surface area contributed by atoms with Crippen molar-refractivity contribution in [2.45, 2.75) is 41.5 Å². The summed E-state index contributed by atoms with van der Waals surface area (Å²) >= 11 is 0. The molecule has 0 N–H and O–H groups in total. The number of aryl methyl sites for hydroxylation is 6. The molecular weight excluding hydrogens is 364 g/mol. The summed E-state index contributed by atoms with van der Waals surface area (Å²) in [6, 6.07) is 19.6. The maximum atomic E-state index is 2.33. The lowest BCUT2D eigenvalue weighted by Crippen LogP contribution is -2.24. The van der Waals surface area contributed by atoms with Gasteiger partial charge in [0.2, 0.25) is 0 Å². The highest BCUT2D eigenvalue weighted by atomic mass is 15.4. The zero-order valence-corrected chi connectivity index (χ0v) is 18.8. The van der Waals surface area contributed by atoms with Crippen LogP contribution in [0.1, 0.15) is 38.9 Å². The SMILES string of the molecule is Cc1cc(C)c(N2C=CN(c3c(C)cc(C)cc3C)C2=Cc2ccccc2)c(C)c1. The molecule has 152 valence electrons. The fourth-order valence-corrected chi connectivity index (χ4v) is 4.72. The van der Waals surface area contributed by atoms with Crippen molar-refractivity contribution in [3.05, 3.63) is 112 Å². The Morgan fingerprint density at radius 3 is 1.37 bits per heavy atom. The minimum absolute atomic E-state index is 1.14. The molecule has 0 amide bonds. The summed E-state index contributed by atoms with van der Waals surface area (Å²) in [5, 5.41) is 0. The molecule has 0 aliphatic carbocycles. The molecule has 0 bridgehead atoms. The molecule has 0 fully saturated rings. The Balaban J connectivity index is 1.90. The first-order valence-electron chi connectivity index (χ1n) is 10.5. The number of hydrogen-bond donors (Lipinski definition) is 0. The van der Waals surface area contributed by atoms with Gasteiger partial charge in [-0.2, -0.15) is 0 Å². The summed E-state index contributed by atoms with van der Waals surface area (Å²) in [6.07, 6.45) is 6.66. The van der Waals surface area contributed by atoms with Gasteiger partial charge in [-0.05, 0) is 75.4 Å². The maximum absolute atomic E-state index is 2.33. The largest absolute Gasteiger partial charge is 0.301 e. The third-order valence-corrected chi connectivity index (χ3v) is 5.71. The van der Waals surface area contributed by atoms with E-state index in [-0.39, 0.29) is 0 Å². The van der Waals surface area contributed by atoms with Crippen LogP contribution in [0.4, 0.5) is 11.4 Å². The van der Waals surface area contributed by atoms with E-state index in [9.17, 15) is 0 Å². The Labute approximate surface area is 180 Å². The van der Waals surface area contributed by atoms with E-state index in [2.05, 4.69) is 124 Å². The normalized spacial score (nSPS) is 13.3. The lowest BCUT2D eigenvalue weighted by atomic mass is 10.0. The number of nitrogens with zero attached hydrogens (tertiary/aromatic N) is 2. The van der Waals surface area contributed by atoms with Crippen LogP contribution in [-0.4, -0.2) is 0 Å². The van der Waals surface area contributed by atoms with Crippen LogP contribution in [0.15, 0.2) is 72.8 Å². The van der Waals surface area contributed by atoms with Gasteiger partial charge in [-0.3, -0.25) is 0 Å². The van der Waals surface area contributed by atoms with E-state index < -0.39 is 0 Å². The van der Waals surface area contributed by atoms with Gasteiger partial charge >= 0.3 is 0 Å². The molecule has 3 aromatic carbocycles. The van der Waals surface area contributed by atoms with Gasteiger partial charge in [0.05, 0.1) is 11.4 Å². The van der Waals surface area contributed by atoms with Gasteiger partial charge in [0.15, 0.2) is 0 Å². The molecule has 4 rings (SSSR count). The average molecular weight is 395 g/mol. The Bertz CT molecular complexity index is 1040. The van der Waals surface area contributed by atoms with Gasteiger partial charge in [0.25, 0.3) is 0 Å². The van der Waals surface area contributed by atoms with Crippen LogP contribution in [0.5, 0.6) is 0 Å². The van der Waals surface area contributed by atoms with Crippen molar-refractivity contribution < 1.29 is 0 Å². The summed E-state index contributed by atoms with van der Waals surface area (Å²) in [6.45, 7) is 13.1. The Kier molecular flexibility index (Phi) is 5.26. The van der Waals surface area contributed by atoms with Crippen molar-refractivity contribution >= 4 is 17.5 Å². The first-order valence-corrected chi connectivity index (χ1v) is 10.5. The van der Waals surface area contributed by atoms with E-state index in [1.807, 2.05) is 0 Å². The van der Waals surface area contributed by atoms with E-state index in [0.717, 1.165) is 5.82 Å². The van der Waals surface area contributed by atoms with Crippen molar-refractivity contribution in [1.29, 1.82) is 0 Å². The van der Waals surface area contributed by atoms with Crippen molar-refractivity contribution in [3.63, 3.8) is 0 Å². The number of benzene rings is 3. The second-order valence-electron chi connectivity index (χ2n) is 8.45. The fraction of sp³-hybridized carbons (Fsp3) is 0.214. The molecule has 0 aromatic heterocycles. The predicted molar refractivity (Wildman–Crippen MR) is 130 cm³/mol. The van der Waals surface area contributed by atoms with E-state index in [1.165, 1.54) is 50.3 Å². The third kappa shape index (κ3) is 3.66. The third-order valence-electron chi connectivity index (χ3n) is 5.71. The molecule has 0 saturated heterocycles. The standard InChI is InChI=1S/C28H30N2/c1-19-14-21(3)27(22(4)15-19)29-12-13-30(26(29)18-25-10-8-7-9-11-25)28-23(5)16-20(2)17-24(28)6/h7-18H,1-6H3. The summed E-state index contributed by atoms with van der Waals surface area (Å²) in [4.78, 5) is 4.66. The Morgan fingerprint density at radius 2 is 0.967 bits per heavy atom. The first-order chi connectivity index (χ1) is 14.3. The predicted octanol–water partition coefficient (Wildman–Crippen LogP) is 7.33. The highest BCUT2D eigenvalue weighted by Gasteiger charge is 2.27. The van der Waals surface area contributed by atoms with Crippen LogP contribution in [-0.2, 0) is 0 Å². The molecule has 0 unspecified atom stereocenters. The second-order valence-corrected chi connectivity index (χ2v) is 8.45. The lowest BCUT2D eigenvalue weighted by Gasteiger charge is -2.30. The smallest absolute Gasteiger partial charge is 0.122 e. The molecule has 0 spiro atoms. The second kappa shape index (κ2) is 7.87. The van der Waals surface area contributed by atoms with Crippen molar-refractivity contribution in [1.82, 2.24) is 0 Å². The van der Waals surface area contributed by atoms with Crippen LogP contribution < -0.4 is 9.80 Å². The van der Waals surface area contributed by atoms with Crippen LogP contribution >= 0.6 is 0 Å². The van der Waals surface area contributed by atoms with E-state index in [1.54, 1.807) is 0 Å². The van der Waals surface area contributed by atoms with Gasteiger partial charge in [0, 0.05) is 12.4 Å².